The zero-order valence-corrected chi connectivity index (χ0v) is 12.8. The van der Waals surface area contributed by atoms with E-state index in [1.54, 1.807) is 23.1 Å². The number of amides is 2. The Morgan fingerprint density at radius 2 is 1.92 bits per heavy atom. The van der Waals surface area contributed by atoms with Crippen molar-refractivity contribution in [2.24, 2.45) is 0 Å². The SMILES string of the molecule is O=C(NC1CCN(c2ccccc2)C1=O)c1ccc2n[nH]nc2c1. The van der Waals surface area contributed by atoms with Gasteiger partial charge < -0.3 is 10.2 Å². The minimum Gasteiger partial charge on any atom is -0.340 e. The van der Waals surface area contributed by atoms with Crippen molar-refractivity contribution >= 4 is 28.5 Å². The van der Waals surface area contributed by atoms with Crippen LogP contribution in [0.3, 0.4) is 0 Å². The molecule has 7 heteroatoms. The lowest BCUT2D eigenvalue weighted by molar-refractivity contribution is -0.118. The summed E-state index contributed by atoms with van der Waals surface area (Å²) in [6.07, 6.45) is 0.589. The van der Waals surface area contributed by atoms with Gasteiger partial charge in [-0.3, -0.25) is 9.59 Å². The van der Waals surface area contributed by atoms with Crippen molar-refractivity contribution in [3.8, 4) is 0 Å². The van der Waals surface area contributed by atoms with Crippen LogP contribution in [-0.4, -0.2) is 39.8 Å². The summed E-state index contributed by atoms with van der Waals surface area (Å²) >= 11 is 0. The second-order valence-corrected chi connectivity index (χ2v) is 5.67. The fraction of sp³-hybridized carbons (Fsp3) is 0.176. The molecular formula is C17H15N5O2. The van der Waals surface area contributed by atoms with E-state index < -0.39 is 6.04 Å². The van der Waals surface area contributed by atoms with Crippen LogP contribution in [0, 0.1) is 0 Å². The van der Waals surface area contributed by atoms with E-state index in [1.165, 1.54) is 0 Å². The van der Waals surface area contributed by atoms with Crippen molar-refractivity contribution in [2.45, 2.75) is 12.5 Å². The fourth-order valence-corrected chi connectivity index (χ4v) is 2.90. The highest BCUT2D eigenvalue weighted by molar-refractivity contribution is 6.04. The molecule has 1 aliphatic heterocycles. The molecular weight excluding hydrogens is 306 g/mol. The van der Waals surface area contributed by atoms with E-state index in [4.69, 9.17) is 0 Å². The Bertz CT molecular complexity index is 905. The Morgan fingerprint density at radius 1 is 1.12 bits per heavy atom. The van der Waals surface area contributed by atoms with Crippen molar-refractivity contribution in [1.29, 1.82) is 0 Å². The Hall–Kier alpha value is -3.22. The van der Waals surface area contributed by atoms with Gasteiger partial charge in [-0.25, -0.2) is 0 Å². The Morgan fingerprint density at radius 3 is 2.75 bits per heavy atom. The van der Waals surface area contributed by atoms with Crippen molar-refractivity contribution in [3.05, 3.63) is 54.1 Å². The molecule has 1 aliphatic rings. The molecule has 4 rings (SSSR count). The number of aromatic amines is 1. The van der Waals surface area contributed by atoms with Crippen LogP contribution >= 0.6 is 0 Å². The normalized spacial score (nSPS) is 17.4. The van der Waals surface area contributed by atoms with Crippen LogP contribution in [0.2, 0.25) is 0 Å². The first-order chi connectivity index (χ1) is 11.7. The highest BCUT2D eigenvalue weighted by Gasteiger charge is 2.33. The molecule has 1 fully saturated rings. The largest absolute Gasteiger partial charge is 0.340 e. The standard InChI is InChI=1S/C17H15N5O2/c23-16(11-6-7-13-15(10-11)20-21-19-13)18-14-8-9-22(17(14)24)12-4-2-1-3-5-12/h1-7,10,14H,8-9H2,(H,18,23)(H,19,20,21). The summed E-state index contributed by atoms with van der Waals surface area (Å²) in [6.45, 7) is 0.593. The summed E-state index contributed by atoms with van der Waals surface area (Å²) in [5.41, 5.74) is 2.62. The molecule has 24 heavy (non-hydrogen) atoms. The number of carbonyl (C=O) groups is 2. The van der Waals surface area contributed by atoms with E-state index in [2.05, 4.69) is 20.7 Å². The summed E-state index contributed by atoms with van der Waals surface area (Å²) in [5, 5.41) is 13.2. The van der Waals surface area contributed by atoms with Gasteiger partial charge in [0, 0.05) is 17.8 Å². The maximum atomic E-state index is 12.5. The zero-order valence-electron chi connectivity index (χ0n) is 12.8. The van der Waals surface area contributed by atoms with Gasteiger partial charge in [-0.1, -0.05) is 18.2 Å². The predicted molar refractivity (Wildman–Crippen MR) is 88.6 cm³/mol. The number of H-pyrrole nitrogens is 1. The van der Waals surface area contributed by atoms with Crippen molar-refractivity contribution in [2.75, 3.05) is 11.4 Å². The van der Waals surface area contributed by atoms with Gasteiger partial charge in [0.25, 0.3) is 5.91 Å². The third-order valence-corrected chi connectivity index (χ3v) is 4.16. The van der Waals surface area contributed by atoms with E-state index >= 15 is 0 Å². The number of nitrogens with zero attached hydrogens (tertiary/aromatic N) is 3. The van der Waals surface area contributed by atoms with E-state index in [9.17, 15) is 9.59 Å². The smallest absolute Gasteiger partial charge is 0.252 e. The molecule has 2 amide bonds. The van der Waals surface area contributed by atoms with Gasteiger partial charge in [0.1, 0.15) is 17.1 Å². The van der Waals surface area contributed by atoms with E-state index in [0.717, 1.165) is 5.69 Å². The summed E-state index contributed by atoms with van der Waals surface area (Å²) < 4.78 is 0. The summed E-state index contributed by atoms with van der Waals surface area (Å²) in [6, 6.07) is 14.0. The first kappa shape index (κ1) is 14.4. The molecule has 1 saturated heterocycles. The lowest BCUT2D eigenvalue weighted by Gasteiger charge is -2.17. The second-order valence-electron chi connectivity index (χ2n) is 5.67. The number of anilines is 1. The topological polar surface area (TPSA) is 91.0 Å². The molecule has 1 unspecified atom stereocenters. The maximum Gasteiger partial charge on any atom is 0.252 e. The molecule has 7 nitrogen and oxygen atoms in total. The third kappa shape index (κ3) is 2.50. The molecule has 0 spiro atoms. The number of hydrogen-bond acceptors (Lipinski definition) is 4. The van der Waals surface area contributed by atoms with Crippen molar-refractivity contribution < 1.29 is 9.59 Å². The molecule has 0 saturated carbocycles. The van der Waals surface area contributed by atoms with Gasteiger partial charge in [0.15, 0.2) is 0 Å². The molecule has 3 aromatic rings. The molecule has 120 valence electrons. The first-order valence-electron chi connectivity index (χ1n) is 7.70. The lowest BCUT2D eigenvalue weighted by atomic mass is 10.1. The monoisotopic (exact) mass is 321 g/mol. The van der Waals surface area contributed by atoms with Crippen LogP contribution in [0.25, 0.3) is 11.0 Å². The fourth-order valence-electron chi connectivity index (χ4n) is 2.90. The van der Waals surface area contributed by atoms with Crippen LogP contribution in [0.15, 0.2) is 48.5 Å². The second kappa shape index (κ2) is 5.77. The van der Waals surface area contributed by atoms with Gasteiger partial charge >= 0.3 is 0 Å². The van der Waals surface area contributed by atoms with Crippen LogP contribution in [0.5, 0.6) is 0 Å². The van der Waals surface area contributed by atoms with Gasteiger partial charge in [-0.15, -0.1) is 0 Å². The highest BCUT2D eigenvalue weighted by atomic mass is 16.2. The molecule has 1 aromatic heterocycles. The molecule has 2 aromatic carbocycles. The first-order valence-corrected chi connectivity index (χ1v) is 7.70. The number of benzene rings is 2. The average Bonchev–Trinajstić information content (AvgIpc) is 3.22. The van der Waals surface area contributed by atoms with E-state index in [0.29, 0.717) is 29.6 Å². The van der Waals surface area contributed by atoms with E-state index in [1.807, 2.05) is 30.3 Å². The van der Waals surface area contributed by atoms with Crippen LogP contribution in [-0.2, 0) is 4.79 Å². The number of para-hydroxylation sites is 1. The molecule has 2 N–H and O–H groups in total. The van der Waals surface area contributed by atoms with Crippen molar-refractivity contribution in [1.82, 2.24) is 20.7 Å². The number of fused-ring (bicyclic) bond motifs is 1. The minimum atomic E-state index is -0.509. The van der Waals surface area contributed by atoms with Gasteiger partial charge in [-0.2, -0.15) is 15.4 Å². The molecule has 0 aliphatic carbocycles. The predicted octanol–water partition coefficient (Wildman–Crippen LogP) is 1.49. The number of rotatable bonds is 3. The van der Waals surface area contributed by atoms with E-state index in [-0.39, 0.29) is 11.8 Å². The highest BCUT2D eigenvalue weighted by Crippen LogP contribution is 2.21. The number of hydrogen-bond donors (Lipinski definition) is 2. The minimum absolute atomic E-state index is 0.0861. The Kier molecular flexibility index (Phi) is 3.45. The summed E-state index contributed by atoms with van der Waals surface area (Å²) in [5.74, 6) is -0.370. The van der Waals surface area contributed by atoms with Gasteiger partial charge in [-0.05, 0) is 36.8 Å². The Labute approximate surface area is 137 Å². The van der Waals surface area contributed by atoms with Crippen molar-refractivity contribution in [3.63, 3.8) is 0 Å². The molecule has 1 atom stereocenters. The lowest BCUT2D eigenvalue weighted by Crippen LogP contribution is -2.41. The third-order valence-electron chi connectivity index (χ3n) is 4.16. The van der Waals surface area contributed by atoms with Crippen LogP contribution < -0.4 is 10.2 Å². The number of carbonyl (C=O) groups excluding carboxylic acids is 2. The van der Waals surface area contributed by atoms with Gasteiger partial charge in [0.2, 0.25) is 5.91 Å². The average molecular weight is 321 g/mol. The molecule has 0 bridgehead atoms. The number of aromatic nitrogens is 3. The number of nitrogens with one attached hydrogen (secondary N) is 2. The Balaban J connectivity index is 1.49. The van der Waals surface area contributed by atoms with Crippen LogP contribution in [0.1, 0.15) is 16.8 Å². The van der Waals surface area contributed by atoms with Gasteiger partial charge in [0.05, 0.1) is 0 Å². The summed E-state index contributed by atoms with van der Waals surface area (Å²) in [4.78, 5) is 26.6. The quantitative estimate of drug-likeness (QED) is 0.765. The summed E-state index contributed by atoms with van der Waals surface area (Å²) in [7, 11) is 0. The van der Waals surface area contributed by atoms with Crippen LogP contribution in [0.4, 0.5) is 5.69 Å². The zero-order chi connectivity index (χ0) is 16.5. The maximum absolute atomic E-state index is 12.5. The molecule has 0 radical (unpaired) electrons. The molecule has 2 heterocycles.